The first kappa shape index (κ1) is 17.3. The van der Waals surface area contributed by atoms with Crippen molar-refractivity contribution in [1.82, 2.24) is 4.90 Å². The van der Waals surface area contributed by atoms with Gasteiger partial charge in [0.2, 0.25) is 5.91 Å². The van der Waals surface area contributed by atoms with E-state index in [4.69, 9.17) is 9.47 Å². The van der Waals surface area contributed by atoms with Crippen molar-refractivity contribution in [1.29, 1.82) is 0 Å². The fourth-order valence-corrected chi connectivity index (χ4v) is 3.73. The Labute approximate surface area is 142 Å². The SMILES string of the molecule is CO[C@H]1CN(CC(=O)Nc2cc(F)ccc2C)CC[C@@]12CCCO2. The van der Waals surface area contributed by atoms with Crippen molar-refractivity contribution in [2.75, 3.05) is 38.7 Å². The molecule has 0 radical (unpaired) electrons. The molecule has 6 heteroatoms. The standard InChI is InChI=1S/C18H25FN2O3/c1-13-4-5-14(19)10-15(13)20-17(22)12-21-8-7-18(6-3-9-24-18)16(11-21)23-2/h4-5,10,16H,3,6-9,11-12H2,1-2H3,(H,20,22)/t16-,18-/m0/s1. The number of piperidine rings is 1. The largest absolute Gasteiger partial charge is 0.377 e. The number of benzene rings is 1. The molecular formula is C18H25FN2O3. The van der Waals surface area contributed by atoms with Crippen LogP contribution in [0.2, 0.25) is 0 Å². The van der Waals surface area contributed by atoms with Crippen molar-refractivity contribution >= 4 is 11.6 Å². The number of aryl methyl sites for hydroxylation is 1. The average Bonchev–Trinajstić information content (AvgIpc) is 3.02. The van der Waals surface area contributed by atoms with E-state index in [0.29, 0.717) is 12.2 Å². The lowest BCUT2D eigenvalue weighted by Crippen LogP contribution is -2.57. The van der Waals surface area contributed by atoms with Crippen LogP contribution >= 0.6 is 0 Å². The normalized spacial score (nSPS) is 27.5. The molecule has 2 saturated heterocycles. The summed E-state index contributed by atoms with van der Waals surface area (Å²) >= 11 is 0. The van der Waals surface area contributed by atoms with Crippen LogP contribution in [0.1, 0.15) is 24.8 Å². The van der Waals surface area contributed by atoms with Gasteiger partial charge in [-0.3, -0.25) is 9.69 Å². The smallest absolute Gasteiger partial charge is 0.238 e. The molecule has 5 nitrogen and oxygen atoms in total. The average molecular weight is 336 g/mol. The summed E-state index contributed by atoms with van der Waals surface area (Å²) in [5.74, 6) is -0.490. The lowest BCUT2D eigenvalue weighted by Gasteiger charge is -2.44. The number of carbonyl (C=O) groups excluding carboxylic acids is 1. The fraction of sp³-hybridized carbons (Fsp3) is 0.611. The molecule has 1 amide bonds. The minimum Gasteiger partial charge on any atom is -0.377 e. The second kappa shape index (κ2) is 7.17. The number of rotatable bonds is 4. The van der Waals surface area contributed by atoms with Crippen molar-refractivity contribution in [3.8, 4) is 0 Å². The monoisotopic (exact) mass is 336 g/mol. The third kappa shape index (κ3) is 3.61. The second-order valence-corrected chi connectivity index (χ2v) is 6.73. The lowest BCUT2D eigenvalue weighted by atomic mass is 9.86. The Balaban J connectivity index is 1.58. The van der Waals surface area contributed by atoms with Crippen LogP contribution in [0.15, 0.2) is 18.2 Å². The maximum atomic E-state index is 13.3. The van der Waals surface area contributed by atoms with E-state index in [0.717, 1.165) is 38.0 Å². The highest BCUT2D eigenvalue weighted by Crippen LogP contribution is 2.37. The van der Waals surface area contributed by atoms with E-state index >= 15 is 0 Å². The van der Waals surface area contributed by atoms with Crippen LogP contribution in [0, 0.1) is 12.7 Å². The fourth-order valence-electron chi connectivity index (χ4n) is 3.73. The summed E-state index contributed by atoms with van der Waals surface area (Å²) < 4.78 is 24.9. The van der Waals surface area contributed by atoms with E-state index in [2.05, 4.69) is 10.2 Å². The molecule has 1 aromatic rings. The predicted octanol–water partition coefficient (Wildman–Crippen LogP) is 2.34. The van der Waals surface area contributed by atoms with Gasteiger partial charge in [0.25, 0.3) is 0 Å². The summed E-state index contributed by atoms with van der Waals surface area (Å²) in [7, 11) is 1.70. The first-order valence-electron chi connectivity index (χ1n) is 8.47. The van der Waals surface area contributed by atoms with Gasteiger partial charge in [0.05, 0.1) is 18.2 Å². The first-order chi connectivity index (χ1) is 11.5. The summed E-state index contributed by atoms with van der Waals surface area (Å²) in [6.07, 6.45) is 2.95. The van der Waals surface area contributed by atoms with Gasteiger partial charge in [-0.2, -0.15) is 0 Å². The van der Waals surface area contributed by atoms with Gasteiger partial charge in [-0.1, -0.05) is 6.07 Å². The number of ether oxygens (including phenoxy) is 2. The highest BCUT2D eigenvalue weighted by atomic mass is 19.1. The Morgan fingerprint density at radius 1 is 1.50 bits per heavy atom. The molecule has 2 aliphatic rings. The van der Waals surface area contributed by atoms with Gasteiger partial charge < -0.3 is 14.8 Å². The van der Waals surface area contributed by atoms with Crippen LogP contribution in [-0.2, 0) is 14.3 Å². The minimum atomic E-state index is -0.353. The van der Waals surface area contributed by atoms with Crippen molar-refractivity contribution in [2.24, 2.45) is 0 Å². The van der Waals surface area contributed by atoms with E-state index in [-0.39, 0.29) is 30.0 Å². The Morgan fingerprint density at radius 2 is 2.33 bits per heavy atom. The number of nitrogens with one attached hydrogen (secondary N) is 1. The molecule has 0 saturated carbocycles. The molecule has 1 aromatic carbocycles. The van der Waals surface area contributed by atoms with Gasteiger partial charge >= 0.3 is 0 Å². The van der Waals surface area contributed by atoms with Crippen molar-refractivity contribution in [3.05, 3.63) is 29.6 Å². The number of anilines is 1. The van der Waals surface area contributed by atoms with Crippen molar-refractivity contribution in [2.45, 2.75) is 37.9 Å². The molecule has 1 spiro atoms. The molecule has 3 rings (SSSR count). The van der Waals surface area contributed by atoms with Gasteiger partial charge in [-0.25, -0.2) is 4.39 Å². The van der Waals surface area contributed by atoms with Gasteiger partial charge in [-0.15, -0.1) is 0 Å². The second-order valence-electron chi connectivity index (χ2n) is 6.73. The molecule has 0 aromatic heterocycles. The topological polar surface area (TPSA) is 50.8 Å². The Bertz CT molecular complexity index is 602. The third-order valence-electron chi connectivity index (χ3n) is 5.12. The number of amides is 1. The predicted molar refractivity (Wildman–Crippen MR) is 89.5 cm³/mol. The highest BCUT2D eigenvalue weighted by molar-refractivity contribution is 5.92. The molecule has 2 aliphatic heterocycles. The first-order valence-corrected chi connectivity index (χ1v) is 8.47. The molecule has 1 N–H and O–H groups in total. The maximum absolute atomic E-state index is 13.3. The molecule has 0 bridgehead atoms. The molecule has 2 atom stereocenters. The van der Waals surface area contributed by atoms with Crippen LogP contribution in [-0.4, -0.2) is 55.9 Å². The number of carbonyl (C=O) groups is 1. The van der Waals surface area contributed by atoms with E-state index in [1.807, 2.05) is 6.92 Å². The van der Waals surface area contributed by atoms with E-state index in [1.165, 1.54) is 12.1 Å². The molecule has 0 unspecified atom stereocenters. The maximum Gasteiger partial charge on any atom is 0.238 e. The summed E-state index contributed by atoms with van der Waals surface area (Å²) in [6, 6.07) is 4.40. The zero-order valence-electron chi connectivity index (χ0n) is 14.3. The molecule has 0 aliphatic carbocycles. The summed E-state index contributed by atoms with van der Waals surface area (Å²) in [6.45, 7) is 4.38. The van der Waals surface area contributed by atoms with Gasteiger partial charge in [0, 0.05) is 32.5 Å². The molecule has 2 heterocycles. The van der Waals surface area contributed by atoms with Crippen LogP contribution < -0.4 is 5.32 Å². The Hall–Kier alpha value is -1.50. The van der Waals surface area contributed by atoms with Crippen molar-refractivity contribution in [3.63, 3.8) is 0 Å². The number of nitrogens with zero attached hydrogens (tertiary/aromatic N) is 1. The van der Waals surface area contributed by atoms with Gasteiger partial charge in [-0.05, 0) is 43.9 Å². The van der Waals surface area contributed by atoms with Crippen LogP contribution in [0.4, 0.5) is 10.1 Å². The number of hydrogen-bond acceptors (Lipinski definition) is 4. The van der Waals surface area contributed by atoms with E-state index in [1.54, 1.807) is 13.2 Å². The number of methoxy groups -OCH3 is 1. The van der Waals surface area contributed by atoms with Gasteiger partial charge in [0.1, 0.15) is 5.82 Å². The molecule has 24 heavy (non-hydrogen) atoms. The van der Waals surface area contributed by atoms with Crippen molar-refractivity contribution < 1.29 is 18.7 Å². The summed E-state index contributed by atoms with van der Waals surface area (Å²) in [4.78, 5) is 14.4. The summed E-state index contributed by atoms with van der Waals surface area (Å²) in [5.41, 5.74) is 1.19. The van der Waals surface area contributed by atoms with Crippen LogP contribution in [0.25, 0.3) is 0 Å². The molecule has 2 fully saturated rings. The summed E-state index contributed by atoms with van der Waals surface area (Å²) in [5, 5.41) is 2.80. The Morgan fingerprint density at radius 3 is 3.04 bits per heavy atom. The van der Waals surface area contributed by atoms with Crippen LogP contribution in [0.5, 0.6) is 0 Å². The Kier molecular flexibility index (Phi) is 5.18. The number of halogens is 1. The van der Waals surface area contributed by atoms with E-state index in [9.17, 15) is 9.18 Å². The zero-order valence-corrected chi connectivity index (χ0v) is 14.3. The molecule has 132 valence electrons. The third-order valence-corrected chi connectivity index (χ3v) is 5.12. The van der Waals surface area contributed by atoms with E-state index < -0.39 is 0 Å². The highest BCUT2D eigenvalue weighted by Gasteiger charge is 2.46. The number of hydrogen-bond donors (Lipinski definition) is 1. The number of likely N-dealkylation sites (tertiary alicyclic amines) is 1. The van der Waals surface area contributed by atoms with Crippen LogP contribution in [0.3, 0.4) is 0 Å². The minimum absolute atomic E-state index is 0.0162. The molecular weight excluding hydrogens is 311 g/mol. The van der Waals surface area contributed by atoms with Gasteiger partial charge in [0.15, 0.2) is 0 Å². The zero-order chi connectivity index (χ0) is 17.2. The lowest BCUT2D eigenvalue weighted by molar-refractivity contribution is -0.145. The quantitative estimate of drug-likeness (QED) is 0.917.